The first-order valence-electron chi connectivity index (χ1n) is 7.61. The smallest absolute Gasteiger partial charge is 0.252 e. The van der Waals surface area contributed by atoms with Crippen LogP contribution in [-0.4, -0.2) is 40.8 Å². The number of sulfonamides is 1. The Morgan fingerprint density at radius 1 is 1.15 bits per heavy atom. The quantitative estimate of drug-likeness (QED) is 0.666. The first-order valence-corrected chi connectivity index (χ1v) is 9.88. The second-order valence-electron chi connectivity index (χ2n) is 5.35. The monoisotopic (exact) mass is 398 g/mol. The Morgan fingerprint density at radius 2 is 1.88 bits per heavy atom. The number of rotatable bonds is 8. The number of benzene rings is 2. The molecule has 0 atom stereocenters. The number of carbonyl (C=O) groups is 1. The van der Waals surface area contributed by atoms with E-state index in [1.165, 1.54) is 18.2 Å². The molecular formula is C17H19ClN2O5S. The van der Waals surface area contributed by atoms with Crippen molar-refractivity contribution in [2.24, 2.45) is 0 Å². The summed E-state index contributed by atoms with van der Waals surface area (Å²) in [6.07, 6.45) is 1.03. The molecule has 2 aromatic carbocycles. The van der Waals surface area contributed by atoms with Gasteiger partial charge in [0.25, 0.3) is 5.91 Å². The highest BCUT2D eigenvalue weighted by Crippen LogP contribution is 2.21. The van der Waals surface area contributed by atoms with Gasteiger partial charge in [-0.2, -0.15) is 0 Å². The third kappa shape index (κ3) is 6.12. The summed E-state index contributed by atoms with van der Waals surface area (Å²) in [5.74, 6) is 0.867. The molecule has 2 N–H and O–H groups in total. The lowest BCUT2D eigenvalue weighted by Gasteiger charge is -2.11. The van der Waals surface area contributed by atoms with Crippen LogP contribution < -0.4 is 19.5 Å². The molecule has 0 aliphatic carbocycles. The van der Waals surface area contributed by atoms with E-state index in [0.29, 0.717) is 11.5 Å². The lowest BCUT2D eigenvalue weighted by atomic mass is 10.2. The molecule has 0 aromatic heterocycles. The highest BCUT2D eigenvalue weighted by molar-refractivity contribution is 7.92. The number of methoxy groups -OCH3 is 1. The van der Waals surface area contributed by atoms with Crippen LogP contribution >= 0.6 is 11.6 Å². The summed E-state index contributed by atoms with van der Waals surface area (Å²) in [6, 6.07) is 11.4. The van der Waals surface area contributed by atoms with E-state index < -0.39 is 15.9 Å². The van der Waals surface area contributed by atoms with Crippen LogP contribution in [0.4, 0.5) is 5.69 Å². The fourth-order valence-electron chi connectivity index (χ4n) is 2.10. The van der Waals surface area contributed by atoms with E-state index in [2.05, 4.69) is 10.0 Å². The summed E-state index contributed by atoms with van der Waals surface area (Å²) in [7, 11) is -1.88. The van der Waals surface area contributed by atoms with Crippen molar-refractivity contribution in [1.29, 1.82) is 0 Å². The van der Waals surface area contributed by atoms with Crippen molar-refractivity contribution in [2.75, 3.05) is 31.2 Å². The van der Waals surface area contributed by atoms with Gasteiger partial charge in [0.05, 0.1) is 30.5 Å². The maximum atomic E-state index is 12.2. The molecule has 26 heavy (non-hydrogen) atoms. The van der Waals surface area contributed by atoms with Gasteiger partial charge in [0, 0.05) is 11.8 Å². The molecule has 0 bridgehead atoms. The molecule has 0 aliphatic heterocycles. The minimum atomic E-state index is -3.44. The molecule has 9 heteroatoms. The van der Waals surface area contributed by atoms with Crippen molar-refractivity contribution >= 4 is 33.2 Å². The highest BCUT2D eigenvalue weighted by atomic mass is 35.5. The van der Waals surface area contributed by atoms with Crippen molar-refractivity contribution in [3.63, 3.8) is 0 Å². The van der Waals surface area contributed by atoms with Crippen LogP contribution in [0.5, 0.6) is 11.5 Å². The number of carbonyl (C=O) groups excluding carboxylic acids is 1. The van der Waals surface area contributed by atoms with Crippen LogP contribution in [-0.2, 0) is 10.0 Å². The normalized spacial score (nSPS) is 10.9. The minimum Gasteiger partial charge on any atom is -0.497 e. The third-order valence-corrected chi connectivity index (χ3v) is 4.15. The fraction of sp³-hybridized carbons (Fsp3) is 0.235. The van der Waals surface area contributed by atoms with Gasteiger partial charge in [-0.05, 0) is 30.3 Å². The molecule has 140 valence electrons. The van der Waals surface area contributed by atoms with Crippen molar-refractivity contribution < 1.29 is 22.7 Å². The number of hydrogen-bond acceptors (Lipinski definition) is 5. The van der Waals surface area contributed by atoms with E-state index in [9.17, 15) is 13.2 Å². The molecule has 0 aliphatic rings. The first-order chi connectivity index (χ1) is 12.3. The summed E-state index contributed by atoms with van der Waals surface area (Å²) < 4.78 is 35.5. The molecule has 7 nitrogen and oxygen atoms in total. The number of ether oxygens (including phenoxy) is 2. The molecule has 0 saturated heterocycles. The zero-order valence-electron chi connectivity index (χ0n) is 14.3. The number of anilines is 1. The summed E-state index contributed by atoms with van der Waals surface area (Å²) in [6.45, 7) is 0.494. The maximum Gasteiger partial charge on any atom is 0.252 e. The fourth-order valence-corrected chi connectivity index (χ4v) is 2.85. The molecule has 1 amide bonds. The van der Waals surface area contributed by atoms with Gasteiger partial charge in [0.2, 0.25) is 10.0 Å². The van der Waals surface area contributed by atoms with Crippen LogP contribution in [0.25, 0.3) is 0 Å². The van der Waals surface area contributed by atoms with Crippen LogP contribution in [0.15, 0.2) is 42.5 Å². The van der Waals surface area contributed by atoms with Crippen LogP contribution in [0, 0.1) is 0 Å². The zero-order chi connectivity index (χ0) is 19.2. The Labute approximate surface area is 157 Å². The number of amides is 1. The molecule has 0 heterocycles. The number of nitrogens with one attached hydrogen (secondary N) is 2. The Morgan fingerprint density at radius 3 is 2.58 bits per heavy atom. The van der Waals surface area contributed by atoms with Crippen molar-refractivity contribution in [3.05, 3.63) is 53.1 Å². The summed E-state index contributed by atoms with van der Waals surface area (Å²) in [5.41, 5.74) is 0.427. The number of hydrogen-bond donors (Lipinski definition) is 2. The van der Waals surface area contributed by atoms with E-state index in [0.717, 1.165) is 6.26 Å². The second kappa shape index (κ2) is 8.77. The Hall–Kier alpha value is -2.45. The van der Waals surface area contributed by atoms with Crippen molar-refractivity contribution in [1.82, 2.24) is 5.32 Å². The van der Waals surface area contributed by atoms with E-state index in [-0.39, 0.29) is 29.4 Å². The average molecular weight is 399 g/mol. The highest BCUT2D eigenvalue weighted by Gasteiger charge is 2.12. The van der Waals surface area contributed by atoms with Crippen molar-refractivity contribution in [2.45, 2.75) is 0 Å². The molecule has 0 unspecified atom stereocenters. The molecule has 0 spiro atoms. The molecule has 0 fully saturated rings. The SMILES string of the molecule is COc1cccc(OCCNC(=O)c2cc(NS(C)(=O)=O)ccc2Cl)c1. The van der Waals surface area contributed by atoms with E-state index in [1.807, 2.05) is 0 Å². The van der Waals surface area contributed by atoms with Gasteiger partial charge in [-0.1, -0.05) is 17.7 Å². The second-order valence-corrected chi connectivity index (χ2v) is 7.51. The lowest BCUT2D eigenvalue weighted by molar-refractivity contribution is 0.0947. The van der Waals surface area contributed by atoms with Gasteiger partial charge in [0.1, 0.15) is 18.1 Å². The first kappa shape index (κ1) is 19.9. The van der Waals surface area contributed by atoms with Gasteiger partial charge >= 0.3 is 0 Å². The standard InChI is InChI=1S/C17H19ClN2O5S/c1-24-13-4-3-5-14(11-13)25-9-8-19-17(21)15-10-12(6-7-16(15)18)20-26(2,22)23/h3-7,10-11,20H,8-9H2,1-2H3,(H,19,21). The van der Waals surface area contributed by atoms with E-state index in [4.69, 9.17) is 21.1 Å². The Kier molecular flexibility index (Phi) is 6.70. The molecule has 0 radical (unpaired) electrons. The maximum absolute atomic E-state index is 12.2. The zero-order valence-corrected chi connectivity index (χ0v) is 15.9. The van der Waals surface area contributed by atoms with Gasteiger partial charge in [-0.15, -0.1) is 0 Å². The summed E-state index contributed by atoms with van der Waals surface area (Å²) >= 11 is 6.02. The van der Waals surface area contributed by atoms with E-state index in [1.54, 1.807) is 31.4 Å². The van der Waals surface area contributed by atoms with Crippen LogP contribution in [0.3, 0.4) is 0 Å². The Balaban J connectivity index is 1.92. The summed E-state index contributed by atoms with van der Waals surface area (Å²) in [4.78, 5) is 12.2. The van der Waals surface area contributed by atoms with Crippen molar-refractivity contribution in [3.8, 4) is 11.5 Å². The van der Waals surface area contributed by atoms with Gasteiger partial charge in [0.15, 0.2) is 0 Å². The van der Waals surface area contributed by atoms with Crippen LogP contribution in [0.1, 0.15) is 10.4 Å². The molecule has 2 rings (SSSR count). The van der Waals surface area contributed by atoms with Crippen LogP contribution in [0.2, 0.25) is 5.02 Å². The molecule has 2 aromatic rings. The third-order valence-electron chi connectivity index (χ3n) is 3.21. The minimum absolute atomic E-state index is 0.168. The summed E-state index contributed by atoms with van der Waals surface area (Å²) in [5, 5.41) is 2.89. The van der Waals surface area contributed by atoms with Gasteiger partial charge in [-0.3, -0.25) is 9.52 Å². The topological polar surface area (TPSA) is 93.7 Å². The predicted octanol–water partition coefficient (Wildman–Crippen LogP) is 2.53. The van der Waals surface area contributed by atoms with E-state index >= 15 is 0 Å². The molecular weight excluding hydrogens is 380 g/mol. The lowest BCUT2D eigenvalue weighted by Crippen LogP contribution is -2.28. The van der Waals surface area contributed by atoms with Gasteiger partial charge in [-0.25, -0.2) is 8.42 Å². The Bertz CT molecular complexity index is 886. The average Bonchev–Trinajstić information content (AvgIpc) is 2.59. The number of halogens is 1. The van der Waals surface area contributed by atoms with Gasteiger partial charge < -0.3 is 14.8 Å². The predicted molar refractivity (Wildman–Crippen MR) is 101 cm³/mol. The largest absolute Gasteiger partial charge is 0.497 e. The molecule has 0 saturated carbocycles.